The van der Waals surface area contributed by atoms with Gasteiger partial charge in [0.15, 0.2) is 0 Å². The molecule has 0 bridgehead atoms. The van der Waals surface area contributed by atoms with Crippen molar-refractivity contribution in [1.29, 1.82) is 0 Å². The lowest BCUT2D eigenvalue weighted by atomic mass is 10.1. The van der Waals surface area contributed by atoms with E-state index in [9.17, 15) is 14.4 Å². The maximum Gasteiger partial charge on any atom is 0.270 e. The van der Waals surface area contributed by atoms with Gasteiger partial charge in [0, 0.05) is 31.4 Å². The zero-order valence-corrected chi connectivity index (χ0v) is 11.4. The van der Waals surface area contributed by atoms with Gasteiger partial charge in [0.1, 0.15) is 5.69 Å². The largest absolute Gasteiger partial charge is 0.354 e. The molecule has 0 atom stereocenters. The quantitative estimate of drug-likeness (QED) is 0.800. The van der Waals surface area contributed by atoms with Crippen molar-refractivity contribution in [3.05, 3.63) is 46.4 Å². The van der Waals surface area contributed by atoms with Crippen LogP contribution in [-0.2, 0) is 4.79 Å². The molecule has 2 aromatic rings. The van der Waals surface area contributed by atoms with E-state index in [1.165, 1.54) is 0 Å². The van der Waals surface area contributed by atoms with Crippen LogP contribution in [0.2, 0.25) is 0 Å². The number of H-pyrrole nitrogens is 1. The molecular formula is C15H15N3O3. The van der Waals surface area contributed by atoms with Gasteiger partial charge >= 0.3 is 0 Å². The average molecular weight is 285 g/mol. The number of aromatic amines is 1. The van der Waals surface area contributed by atoms with Crippen LogP contribution in [0.1, 0.15) is 16.9 Å². The summed E-state index contributed by atoms with van der Waals surface area (Å²) in [7, 11) is 0. The standard InChI is InChI=1S/C15H15N3O3/c19-13-5-7-18(8-6-16-13)15(21)12-9-10-3-1-2-4-11(10)14(20)17-12/h1-4,9H,5-8H2,(H,16,19)(H,17,20). The Bertz CT molecular complexity index is 766. The Morgan fingerprint density at radius 1 is 1.14 bits per heavy atom. The number of aromatic nitrogens is 1. The van der Waals surface area contributed by atoms with Crippen LogP contribution in [0.5, 0.6) is 0 Å². The van der Waals surface area contributed by atoms with Gasteiger partial charge in [-0.15, -0.1) is 0 Å². The Morgan fingerprint density at radius 3 is 2.81 bits per heavy atom. The molecule has 2 heterocycles. The van der Waals surface area contributed by atoms with Gasteiger partial charge in [-0.1, -0.05) is 18.2 Å². The van der Waals surface area contributed by atoms with E-state index in [4.69, 9.17) is 0 Å². The molecule has 2 amide bonds. The van der Waals surface area contributed by atoms with E-state index < -0.39 is 0 Å². The topological polar surface area (TPSA) is 82.3 Å². The van der Waals surface area contributed by atoms with E-state index in [1.807, 2.05) is 6.07 Å². The number of rotatable bonds is 1. The number of nitrogens with one attached hydrogen (secondary N) is 2. The summed E-state index contributed by atoms with van der Waals surface area (Å²) in [6.45, 7) is 1.24. The lowest BCUT2D eigenvalue weighted by molar-refractivity contribution is -0.120. The third-order valence-electron chi connectivity index (χ3n) is 3.58. The third kappa shape index (κ3) is 2.65. The highest BCUT2D eigenvalue weighted by Gasteiger charge is 2.20. The molecule has 3 rings (SSSR count). The molecule has 108 valence electrons. The van der Waals surface area contributed by atoms with Crippen LogP contribution in [0.4, 0.5) is 0 Å². The second-order valence-electron chi connectivity index (χ2n) is 4.99. The van der Waals surface area contributed by atoms with Crippen LogP contribution in [0.15, 0.2) is 35.1 Å². The Labute approximate surface area is 120 Å². The van der Waals surface area contributed by atoms with Crippen molar-refractivity contribution in [2.45, 2.75) is 6.42 Å². The van der Waals surface area contributed by atoms with Crippen molar-refractivity contribution in [3.8, 4) is 0 Å². The monoisotopic (exact) mass is 285 g/mol. The lowest BCUT2D eigenvalue weighted by Crippen LogP contribution is -2.35. The van der Waals surface area contributed by atoms with Crippen molar-refractivity contribution < 1.29 is 9.59 Å². The second-order valence-corrected chi connectivity index (χ2v) is 4.99. The Balaban J connectivity index is 1.94. The van der Waals surface area contributed by atoms with E-state index in [2.05, 4.69) is 10.3 Å². The van der Waals surface area contributed by atoms with Crippen molar-refractivity contribution in [1.82, 2.24) is 15.2 Å². The Hall–Kier alpha value is -2.63. The molecule has 0 radical (unpaired) electrons. The lowest BCUT2D eigenvalue weighted by Gasteiger charge is -2.19. The minimum atomic E-state index is -0.277. The van der Waals surface area contributed by atoms with Crippen molar-refractivity contribution in [2.24, 2.45) is 0 Å². The number of hydrogen-bond acceptors (Lipinski definition) is 3. The van der Waals surface area contributed by atoms with Gasteiger partial charge in [-0.05, 0) is 17.5 Å². The van der Waals surface area contributed by atoms with Gasteiger partial charge < -0.3 is 15.2 Å². The molecule has 0 aliphatic carbocycles. The van der Waals surface area contributed by atoms with Crippen molar-refractivity contribution in [3.63, 3.8) is 0 Å². The molecule has 21 heavy (non-hydrogen) atoms. The SMILES string of the molecule is O=C1CCN(C(=O)c2cc3ccccc3c(=O)[nH]2)CCN1. The fraction of sp³-hybridized carbons (Fsp3) is 0.267. The molecule has 6 heteroatoms. The first-order chi connectivity index (χ1) is 10.1. The van der Waals surface area contributed by atoms with Crippen LogP contribution in [-0.4, -0.2) is 41.3 Å². The van der Waals surface area contributed by atoms with Crippen LogP contribution in [0, 0.1) is 0 Å². The molecule has 1 fully saturated rings. The van der Waals surface area contributed by atoms with E-state index in [0.717, 1.165) is 5.39 Å². The number of benzene rings is 1. The number of amides is 2. The van der Waals surface area contributed by atoms with Crippen LogP contribution >= 0.6 is 0 Å². The number of hydrogen-bond donors (Lipinski definition) is 2. The normalized spacial score (nSPS) is 15.6. The van der Waals surface area contributed by atoms with E-state index in [0.29, 0.717) is 25.0 Å². The molecule has 6 nitrogen and oxygen atoms in total. The molecule has 1 aromatic carbocycles. The Kier molecular flexibility index (Phi) is 3.43. The molecule has 0 saturated carbocycles. The first-order valence-electron chi connectivity index (χ1n) is 6.83. The highest BCUT2D eigenvalue weighted by atomic mass is 16.2. The number of carbonyl (C=O) groups is 2. The van der Waals surface area contributed by atoms with Crippen molar-refractivity contribution >= 4 is 22.6 Å². The smallest absolute Gasteiger partial charge is 0.270 e. The molecule has 1 aliphatic rings. The number of carbonyl (C=O) groups excluding carboxylic acids is 2. The van der Waals surface area contributed by atoms with Gasteiger partial charge in [-0.25, -0.2) is 0 Å². The molecule has 0 spiro atoms. The highest BCUT2D eigenvalue weighted by molar-refractivity contribution is 5.96. The molecule has 1 aliphatic heterocycles. The van der Waals surface area contributed by atoms with Gasteiger partial charge in [0.2, 0.25) is 5.91 Å². The van der Waals surface area contributed by atoms with Crippen LogP contribution in [0.3, 0.4) is 0 Å². The van der Waals surface area contributed by atoms with E-state index >= 15 is 0 Å². The summed E-state index contributed by atoms with van der Waals surface area (Å²) in [5.41, 5.74) is -0.0199. The van der Waals surface area contributed by atoms with Gasteiger partial charge in [0.25, 0.3) is 11.5 Å². The van der Waals surface area contributed by atoms with Crippen LogP contribution in [0.25, 0.3) is 10.8 Å². The summed E-state index contributed by atoms with van der Waals surface area (Å²) < 4.78 is 0. The minimum Gasteiger partial charge on any atom is -0.354 e. The highest BCUT2D eigenvalue weighted by Crippen LogP contribution is 2.12. The molecule has 1 saturated heterocycles. The zero-order valence-electron chi connectivity index (χ0n) is 11.4. The second kappa shape index (κ2) is 5.40. The van der Waals surface area contributed by atoms with Crippen LogP contribution < -0.4 is 10.9 Å². The summed E-state index contributed by atoms with van der Waals surface area (Å²) in [4.78, 5) is 40.0. The maximum atomic E-state index is 12.5. The first-order valence-corrected chi connectivity index (χ1v) is 6.83. The van der Waals surface area contributed by atoms with E-state index in [-0.39, 0.29) is 29.5 Å². The number of nitrogens with zero attached hydrogens (tertiary/aromatic N) is 1. The molecule has 2 N–H and O–H groups in total. The average Bonchev–Trinajstić information content (AvgIpc) is 2.71. The first kappa shape index (κ1) is 13.4. The number of fused-ring (bicyclic) bond motifs is 1. The summed E-state index contributed by atoms with van der Waals surface area (Å²) in [5, 5.41) is 4.00. The summed E-state index contributed by atoms with van der Waals surface area (Å²) in [6, 6.07) is 8.81. The molecule has 0 unspecified atom stereocenters. The molecule has 1 aromatic heterocycles. The van der Waals surface area contributed by atoms with E-state index in [1.54, 1.807) is 29.2 Å². The predicted molar refractivity (Wildman–Crippen MR) is 78.1 cm³/mol. The Morgan fingerprint density at radius 2 is 1.95 bits per heavy atom. The maximum absolute atomic E-state index is 12.5. The predicted octanol–water partition coefficient (Wildman–Crippen LogP) is 0.490. The summed E-state index contributed by atoms with van der Waals surface area (Å²) in [6.07, 6.45) is 0.281. The van der Waals surface area contributed by atoms with Gasteiger partial charge in [0.05, 0.1) is 0 Å². The minimum absolute atomic E-state index is 0.0581. The summed E-state index contributed by atoms with van der Waals surface area (Å²) >= 11 is 0. The van der Waals surface area contributed by atoms with Crippen molar-refractivity contribution in [2.75, 3.05) is 19.6 Å². The summed E-state index contributed by atoms with van der Waals surface area (Å²) in [5.74, 6) is -0.313. The third-order valence-corrected chi connectivity index (χ3v) is 3.58. The number of pyridine rings is 1. The fourth-order valence-electron chi connectivity index (χ4n) is 2.47. The molecular weight excluding hydrogens is 270 g/mol. The van der Waals surface area contributed by atoms with Gasteiger partial charge in [-0.3, -0.25) is 14.4 Å². The zero-order chi connectivity index (χ0) is 14.8. The van der Waals surface area contributed by atoms with Gasteiger partial charge in [-0.2, -0.15) is 0 Å². The fourth-order valence-corrected chi connectivity index (χ4v) is 2.47.